The van der Waals surface area contributed by atoms with Gasteiger partial charge in [-0.2, -0.15) is 5.26 Å². The number of halogens is 1. The minimum Gasteiger partial charge on any atom is -0.358 e. The topological polar surface area (TPSA) is 36.1 Å². The molecule has 0 saturated carbocycles. The van der Waals surface area contributed by atoms with Gasteiger partial charge in [-0.3, -0.25) is 4.99 Å². The van der Waals surface area contributed by atoms with Gasteiger partial charge in [0, 0.05) is 38.9 Å². The molecule has 0 radical (unpaired) electrons. The first-order valence-corrected chi connectivity index (χ1v) is 11.2. The molecule has 0 unspecified atom stereocenters. The van der Waals surface area contributed by atoms with Crippen molar-refractivity contribution in [2.45, 2.75) is 6.92 Å². The molecule has 0 fully saturated rings. The zero-order chi connectivity index (χ0) is 21.9. The molecule has 4 rings (SSSR count). The third kappa shape index (κ3) is 8.16. The molecule has 0 saturated heterocycles. The minimum atomic E-state index is -0.726. The van der Waals surface area contributed by atoms with E-state index >= 15 is 0 Å². The zero-order valence-electron chi connectivity index (χ0n) is 18.5. The van der Waals surface area contributed by atoms with E-state index in [1.807, 2.05) is 24.3 Å². The van der Waals surface area contributed by atoms with Crippen molar-refractivity contribution in [3.8, 4) is 6.07 Å². The Bertz CT molecular complexity index is 1120. The van der Waals surface area contributed by atoms with Crippen molar-refractivity contribution < 1.29 is 24.8 Å². The van der Waals surface area contributed by atoms with E-state index in [0.717, 1.165) is 11.3 Å². The van der Waals surface area contributed by atoms with Gasteiger partial charge in [0.2, 0.25) is 0 Å². The summed E-state index contributed by atoms with van der Waals surface area (Å²) < 4.78 is 13.2. The van der Waals surface area contributed by atoms with Crippen LogP contribution in [-0.4, -0.2) is 6.21 Å². The van der Waals surface area contributed by atoms with Crippen molar-refractivity contribution >= 4 is 35.7 Å². The van der Waals surface area contributed by atoms with Gasteiger partial charge in [-0.1, -0.05) is 91.0 Å². The Morgan fingerprint density at radius 2 is 1.21 bits per heavy atom. The number of rotatable bonds is 5. The number of para-hydroxylation sites is 1. The van der Waals surface area contributed by atoms with E-state index in [1.165, 1.54) is 35.0 Å². The minimum absolute atomic E-state index is 0. The van der Waals surface area contributed by atoms with Gasteiger partial charge in [0.15, 0.2) is 0 Å². The molecule has 0 aliphatic rings. The van der Waals surface area contributed by atoms with Gasteiger partial charge in [0.25, 0.3) is 0 Å². The molecule has 0 aliphatic carbocycles. The SMILES string of the molecule is CC#N.Fc1ccc(C=Nc2ccccc2P(c2ccccc2)c2ccccc2)cc1.[CH3-].[Pd]. The molecule has 170 valence electrons. The van der Waals surface area contributed by atoms with Crippen LogP contribution in [0, 0.1) is 24.6 Å². The van der Waals surface area contributed by atoms with E-state index in [-0.39, 0.29) is 33.7 Å². The van der Waals surface area contributed by atoms with Crippen molar-refractivity contribution in [2.24, 2.45) is 4.99 Å². The maximum Gasteiger partial charge on any atom is 0.123 e. The first-order valence-electron chi connectivity index (χ1n) is 9.82. The van der Waals surface area contributed by atoms with Crippen LogP contribution in [0.2, 0.25) is 0 Å². The Hall–Kier alpha value is -2.94. The summed E-state index contributed by atoms with van der Waals surface area (Å²) in [7, 11) is -0.726. The predicted molar refractivity (Wildman–Crippen MR) is 137 cm³/mol. The third-order valence-corrected chi connectivity index (χ3v) is 6.86. The Kier molecular flexibility index (Phi) is 12.8. The van der Waals surface area contributed by atoms with E-state index < -0.39 is 7.92 Å². The predicted octanol–water partition coefficient (Wildman–Crippen LogP) is 6.31. The van der Waals surface area contributed by atoms with Crippen molar-refractivity contribution in [1.29, 1.82) is 5.26 Å². The van der Waals surface area contributed by atoms with Crippen LogP contribution in [0.25, 0.3) is 0 Å². The molecule has 0 atom stereocenters. The summed E-state index contributed by atoms with van der Waals surface area (Å²) in [4.78, 5) is 4.75. The average molecular weight is 546 g/mol. The van der Waals surface area contributed by atoms with Crippen LogP contribution in [0.1, 0.15) is 12.5 Å². The van der Waals surface area contributed by atoms with Crippen LogP contribution in [0.5, 0.6) is 0 Å². The first kappa shape index (κ1) is 28.1. The van der Waals surface area contributed by atoms with Crippen LogP contribution in [-0.2, 0) is 20.4 Å². The molecule has 5 heteroatoms. The quantitative estimate of drug-likeness (QED) is 0.125. The summed E-state index contributed by atoms with van der Waals surface area (Å²) in [5.41, 5.74) is 1.81. The monoisotopic (exact) mass is 545 g/mol. The number of hydrogen-bond donors (Lipinski definition) is 0. The van der Waals surface area contributed by atoms with Crippen LogP contribution in [0.3, 0.4) is 0 Å². The van der Waals surface area contributed by atoms with Gasteiger partial charge < -0.3 is 7.43 Å². The Labute approximate surface area is 211 Å². The maximum absolute atomic E-state index is 13.2. The van der Waals surface area contributed by atoms with Gasteiger partial charge >= 0.3 is 0 Å². The van der Waals surface area contributed by atoms with E-state index in [1.54, 1.807) is 24.4 Å². The van der Waals surface area contributed by atoms with Crippen LogP contribution < -0.4 is 15.9 Å². The molecule has 0 aromatic heterocycles. The third-order valence-electron chi connectivity index (χ3n) is 4.37. The van der Waals surface area contributed by atoms with Crippen molar-refractivity contribution in [2.75, 3.05) is 0 Å². The molecule has 4 aromatic carbocycles. The Morgan fingerprint density at radius 3 is 1.73 bits per heavy atom. The van der Waals surface area contributed by atoms with Gasteiger partial charge in [-0.15, -0.1) is 0 Å². The molecule has 33 heavy (non-hydrogen) atoms. The van der Waals surface area contributed by atoms with Crippen LogP contribution >= 0.6 is 7.92 Å². The zero-order valence-corrected chi connectivity index (χ0v) is 21.0. The van der Waals surface area contributed by atoms with Crippen molar-refractivity contribution in [1.82, 2.24) is 0 Å². The summed E-state index contributed by atoms with van der Waals surface area (Å²) in [6, 6.07) is 37.5. The Balaban J connectivity index is 0.00000103. The second kappa shape index (κ2) is 15.0. The van der Waals surface area contributed by atoms with E-state index in [4.69, 9.17) is 10.3 Å². The molecule has 4 aromatic rings. The molecule has 0 N–H and O–H groups in total. The summed E-state index contributed by atoms with van der Waals surface area (Å²) in [5.74, 6) is -0.241. The van der Waals surface area contributed by atoms with Gasteiger partial charge in [-0.25, -0.2) is 4.39 Å². The molecule has 0 heterocycles. The second-order valence-electron chi connectivity index (χ2n) is 6.53. The number of nitriles is 1. The number of hydrogen-bond acceptors (Lipinski definition) is 2. The molecule has 0 aliphatic heterocycles. The number of benzene rings is 4. The average Bonchev–Trinajstić information content (AvgIpc) is 2.82. The normalized spacial score (nSPS) is 9.76. The van der Waals surface area contributed by atoms with E-state index in [0.29, 0.717) is 0 Å². The fraction of sp³-hybridized carbons (Fsp3) is 0.0357. The van der Waals surface area contributed by atoms with Crippen LogP contribution in [0.4, 0.5) is 10.1 Å². The Morgan fingerprint density at radius 1 is 0.758 bits per heavy atom. The summed E-state index contributed by atoms with van der Waals surface area (Å²) >= 11 is 0. The molecule has 0 amide bonds. The van der Waals surface area contributed by atoms with E-state index in [2.05, 4.69) is 60.7 Å². The van der Waals surface area contributed by atoms with Gasteiger partial charge in [0.05, 0.1) is 11.8 Å². The fourth-order valence-electron chi connectivity index (χ4n) is 3.04. The summed E-state index contributed by atoms with van der Waals surface area (Å²) in [6.07, 6.45) is 1.79. The summed E-state index contributed by atoms with van der Waals surface area (Å²) in [5, 5.41) is 11.1. The van der Waals surface area contributed by atoms with Crippen molar-refractivity contribution in [3.63, 3.8) is 0 Å². The van der Waals surface area contributed by atoms with E-state index in [9.17, 15) is 4.39 Å². The first-order chi connectivity index (χ1) is 15.2. The molecular weight excluding hydrogens is 521 g/mol. The number of aliphatic imine (C=N–C) groups is 1. The van der Waals surface area contributed by atoms with Crippen LogP contribution in [0.15, 0.2) is 114 Å². The molecular formula is C28H25FN2PPd-. The largest absolute Gasteiger partial charge is 0.358 e. The van der Waals surface area contributed by atoms with Gasteiger partial charge in [0.1, 0.15) is 5.82 Å². The molecule has 2 nitrogen and oxygen atoms in total. The van der Waals surface area contributed by atoms with Crippen molar-refractivity contribution in [3.05, 3.63) is 128 Å². The smallest absolute Gasteiger partial charge is 0.123 e. The summed E-state index contributed by atoms with van der Waals surface area (Å²) in [6.45, 7) is 1.43. The molecule has 0 bridgehead atoms. The maximum atomic E-state index is 13.2. The van der Waals surface area contributed by atoms with Gasteiger partial charge in [-0.05, 0) is 42.3 Å². The second-order valence-corrected chi connectivity index (χ2v) is 8.71. The molecule has 0 spiro atoms. The standard InChI is InChI=1S/C25H19FNP.C2H3N.CH3.Pd/c26-21-17-15-20(16-18-21)19-27-24-13-7-8-14-25(24)28(22-9-3-1-4-10-22)23-11-5-2-6-12-23;1-2-3;;/h1-19H;1H3;1H3;/q;;-1;. The number of nitrogens with zero attached hydrogens (tertiary/aromatic N) is 2. The fourth-order valence-corrected chi connectivity index (χ4v) is 5.43.